The highest BCUT2D eigenvalue weighted by molar-refractivity contribution is 6.00. The zero-order valence-corrected chi connectivity index (χ0v) is 16.8. The van der Waals surface area contributed by atoms with Crippen LogP contribution in [0.4, 0.5) is 5.69 Å². The van der Waals surface area contributed by atoms with Crippen LogP contribution in [0.25, 0.3) is 22.8 Å². The van der Waals surface area contributed by atoms with Crippen LogP contribution in [0.5, 0.6) is 0 Å². The number of hydrogen-bond donors (Lipinski definition) is 1. The van der Waals surface area contributed by atoms with Crippen LogP contribution in [-0.4, -0.2) is 23.0 Å². The molecule has 0 unspecified atom stereocenters. The van der Waals surface area contributed by atoms with E-state index in [9.17, 15) is 9.59 Å². The predicted octanol–water partition coefficient (Wildman–Crippen LogP) is 5.19. The average Bonchev–Trinajstić information content (AvgIpc) is 3.30. The normalized spacial score (nSPS) is 11.5. The second kappa shape index (κ2) is 9.09. The summed E-state index contributed by atoms with van der Waals surface area (Å²) in [6, 6.07) is 25.4. The Bertz CT molecular complexity index is 1190. The van der Waals surface area contributed by atoms with E-state index >= 15 is 0 Å². The molecule has 0 aliphatic carbocycles. The van der Waals surface area contributed by atoms with Gasteiger partial charge in [-0.3, -0.25) is 4.79 Å². The van der Waals surface area contributed by atoms with Crippen molar-refractivity contribution in [1.82, 2.24) is 4.98 Å². The van der Waals surface area contributed by atoms with Crippen LogP contribution in [0.3, 0.4) is 0 Å². The van der Waals surface area contributed by atoms with Gasteiger partial charge in [-0.2, -0.15) is 0 Å². The lowest BCUT2D eigenvalue weighted by Crippen LogP contribution is -2.30. The Kier molecular flexibility index (Phi) is 5.89. The van der Waals surface area contributed by atoms with Gasteiger partial charge in [0.15, 0.2) is 11.9 Å². The number of carbonyl (C=O) groups excluding carboxylic acids is 2. The molecule has 0 saturated carbocycles. The van der Waals surface area contributed by atoms with E-state index in [2.05, 4.69) is 10.3 Å². The van der Waals surface area contributed by atoms with Gasteiger partial charge in [-0.1, -0.05) is 60.7 Å². The highest BCUT2D eigenvalue weighted by Crippen LogP contribution is 2.28. The molecule has 1 amide bonds. The minimum absolute atomic E-state index is 0.267. The van der Waals surface area contributed by atoms with Crippen molar-refractivity contribution < 1.29 is 18.7 Å². The molecule has 154 valence electrons. The smallest absolute Gasteiger partial charge is 0.339 e. The Morgan fingerprint density at radius 3 is 2.29 bits per heavy atom. The first kappa shape index (κ1) is 20.1. The van der Waals surface area contributed by atoms with Crippen molar-refractivity contribution in [3.05, 3.63) is 96.7 Å². The summed E-state index contributed by atoms with van der Waals surface area (Å²) in [7, 11) is 0. The van der Waals surface area contributed by atoms with E-state index in [0.717, 1.165) is 5.56 Å². The minimum Gasteiger partial charge on any atom is -0.449 e. The number of para-hydroxylation sites is 1. The fraction of sp³-hybridized carbons (Fsp3) is 0.0800. The molecular weight excluding hydrogens is 392 g/mol. The number of rotatable bonds is 6. The molecule has 0 radical (unpaired) electrons. The van der Waals surface area contributed by atoms with Crippen LogP contribution in [0.2, 0.25) is 0 Å². The fourth-order valence-corrected chi connectivity index (χ4v) is 3.03. The topological polar surface area (TPSA) is 81.4 Å². The lowest BCUT2D eigenvalue weighted by Gasteiger charge is -2.14. The SMILES string of the molecule is C[C@@H](OC(=O)c1ccccc1-c1ncc(-c2ccccc2)o1)C(=O)Nc1ccccc1. The number of ether oxygens (including phenoxy) is 1. The summed E-state index contributed by atoms with van der Waals surface area (Å²) < 4.78 is 11.3. The maximum absolute atomic E-state index is 12.8. The number of esters is 1. The first-order valence-corrected chi connectivity index (χ1v) is 9.79. The standard InChI is InChI=1S/C25H20N2O4/c1-17(23(28)27-19-12-6-3-7-13-19)30-25(29)21-15-9-8-14-20(21)24-26-16-22(31-24)18-10-4-2-5-11-18/h2-17H,1H3,(H,27,28)/t17-/m1/s1. The van der Waals surface area contributed by atoms with Crippen molar-refractivity contribution >= 4 is 17.6 Å². The highest BCUT2D eigenvalue weighted by Gasteiger charge is 2.23. The molecule has 6 nitrogen and oxygen atoms in total. The summed E-state index contributed by atoms with van der Waals surface area (Å²) in [4.78, 5) is 29.5. The molecule has 4 aromatic rings. The van der Waals surface area contributed by atoms with E-state index in [1.807, 2.05) is 48.5 Å². The maximum atomic E-state index is 12.8. The van der Waals surface area contributed by atoms with Gasteiger partial charge in [-0.15, -0.1) is 0 Å². The molecule has 6 heteroatoms. The average molecular weight is 412 g/mol. The first-order valence-electron chi connectivity index (χ1n) is 9.79. The summed E-state index contributed by atoms with van der Waals surface area (Å²) in [6.45, 7) is 1.53. The van der Waals surface area contributed by atoms with Crippen LogP contribution in [0, 0.1) is 0 Å². The van der Waals surface area contributed by atoms with Crippen molar-refractivity contribution in [2.24, 2.45) is 0 Å². The van der Waals surface area contributed by atoms with Crippen LogP contribution in [0.15, 0.2) is 95.5 Å². The van der Waals surface area contributed by atoms with E-state index in [-0.39, 0.29) is 5.56 Å². The third-order valence-electron chi connectivity index (χ3n) is 4.64. The van der Waals surface area contributed by atoms with Gasteiger partial charge >= 0.3 is 5.97 Å². The van der Waals surface area contributed by atoms with Crippen molar-refractivity contribution in [3.8, 4) is 22.8 Å². The van der Waals surface area contributed by atoms with Crippen molar-refractivity contribution in [3.63, 3.8) is 0 Å². The molecule has 0 fully saturated rings. The van der Waals surface area contributed by atoms with Gasteiger partial charge in [-0.05, 0) is 31.2 Å². The number of nitrogens with zero attached hydrogens (tertiary/aromatic N) is 1. The first-order chi connectivity index (χ1) is 15.1. The molecule has 0 spiro atoms. The summed E-state index contributed by atoms with van der Waals surface area (Å²) >= 11 is 0. The number of amides is 1. The number of aromatic nitrogens is 1. The molecule has 0 bridgehead atoms. The van der Waals surface area contributed by atoms with Crippen molar-refractivity contribution in [2.45, 2.75) is 13.0 Å². The number of anilines is 1. The second-order valence-corrected chi connectivity index (χ2v) is 6.84. The van der Waals surface area contributed by atoms with Gasteiger partial charge in [0, 0.05) is 11.3 Å². The zero-order chi connectivity index (χ0) is 21.6. The molecule has 1 heterocycles. The van der Waals surface area contributed by atoms with Crippen LogP contribution >= 0.6 is 0 Å². The second-order valence-electron chi connectivity index (χ2n) is 6.84. The third kappa shape index (κ3) is 4.70. The quantitative estimate of drug-likeness (QED) is 0.441. The Labute approximate surface area is 179 Å². The molecule has 0 saturated heterocycles. The van der Waals surface area contributed by atoms with Gasteiger partial charge < -0.3 is 14.5 Å². The zero-order valence-electron chi connectivity index (χ0n) is 16.8. The molecule has 0 aliphatic rings. The molecule has 0 aliphatic heterocycles. The lowest BCUT2D eigenvalue weighted by molar-refractivity contribution is -0.123. The van der Waals surface area contributed by atoms with Crippen LogP contribution < -0.4 is 5.32 Å². The molecule has 1 N–H and O–H groups in total. The Morgan fingerprint density at radius 2 is 1.55 bits per heavy atom. The predicted molar refractivity (Wildman–Crippen MR) is 117 cm³/mol. The number of hydrogen-bond acceptors (Lipinski definition) is 5. The van der Waals surface area contributed by atoms with Gasteiger partial charge in [0.2, 0.25) is 5.89 Å². The van der Waals surface area contributed by atoms with Gasteiger partial charge in [0.25, 0.3) is 5.91 Å². The van der Waals surface area contributed by atoms with Crippen molar-refractivity contribution in [2.75, 3.05) is 5.32 Å². The molecule has 1 aromatic heterocycles. The van der Waals surface area contributed by atoms with Crippen LogP contribution in [-0.2, 0) is 9.53 Å². The van der Waals surface area contributed by atoms with Gasteiger partial charge in [-0.25, -0.2) is 9.78 Å². The van der Waals surface area contributed by atoms with E-state index in [1.165, 1.54) is 6.92 Å². The largest absolute Gasteiger partial charge is 0.449 e. The van der Waals surface area contributed by atoms with E-state index < -0.39 is 18.0 Å². The van der Waals surface area contributed by atoms with Gasteiger partial charge in [0.1, 0.15) is 0 Å². The maximum Gasteiger partial charge on any atom is 0.339 e. The lowest BCUT2D eigenvalue weighted by atomic mass is 10.1. The number of nitrogens with one attached hydrogen (secondary N) is 1. The minimum atomic E-state index is -0.981. The molecule has 1 atom stereocenters. The Morgan fingerprint density at radius 1 is 0.903 bits per heavy atom. The monoisotopic (exact) mass is 412 g/mol. The van der Waals surface area contributed by atoms with E-state index in [0.29, 0.717) is 22.9 Å². The molecule has 4 rings (SSSR count). The molecule has 3 aromatic carbocycles. The third-order valence-corrected chi connectivity index (χ3v) is 4.64. The van der Waals surface area contributed by atoms with Gasteiger partial charge in [0.05, 0.1) is 17.3 Å². The summed E-state index contributed by atoms with van der Waals surface area (Å²) in [6.07, 6.45) is 0.633. The van der Waals surface area contributed by atoms with Crippen LogP contribution in [0.1, 0.15) is 17.3 Å². The van der Waals surface area contributed by atoms with E-state index in [4.69, 9.17) is 9.15 Å². The Balaban J connectivity index is 1.51. The summed E-state index contributed by atoms with van der Waals surface area (Å²) in [5, 5.41) is 2.72. The molecular formula is C25H20N2O4. The highest BCUT2D eigenvalue weighted by atomic mass is 16.5. The summed E-state index contributed by atoms with van der Waals surface area (Å²) in [5.41, 5.74) is 2.27. The number of carbonyl (C=O) groups is 2. The number of oxazole rings is 1. The fourth-order valence-electron chi connectivity index (χ4n) is 3.03. The summed E-state index contributed by atoms with van der Waals surface area (Å²) in [5.74, 6) is -0.160. The van der Waals surface area contributed by atoms with Crippen molar-refractivity contribution in [1.29, 1.82) is 0 Å². The number of benzene rings is 3. The molecule has 31 heavy (non-hydrogen) atoms. The van der Waals surface area contributed by atoms with E-state index in [1.54, 1.807) is 42.6 Å². The Hall–Kier alpha value is -4.19.